The molecule has 118 valence electrons. The summed E-state index contributed by atoms with van der Waals surface area (Å²) in [5, 5.41) is 8.57. The molecule has 2 aromatic rings. The van der Waals surface area contributed by atoms with Crippen LogP contribution in [0.15, 0.2) is 16.8 Å². The van der Waals surface area contributed by atoms with E-state index in [1.807, 2.05) is 11.0 Å². The first-order valence-electron chi connectivity index (χ1n) is 7.55. The third-order valence-corrected chi connectivity index (χ3v) is 4.30. The van der Waals surface area contributed by atoms with Gasteiger partial charge < -0.3 is 9.42 Å². The Morgan fingerprint density at radius 1 is 1.55 bits per heavy atom. The molecule has 1 amide bonds. The fourth-order valence-electron chi connectivity index (χ4n) is 2.95. The lowest BCUT2D eigenvalue weighted by molar-refractivity contribution is 0.0720. The molecule has 7 heteroatoms. The number of aryl methyl sites for hydroxylation is 2. The second-order valence-corrected chi connectivity index (χ2v) is 6.00. The molecule has 6 nitrogen and oxygen atoms in total. The molecular formula is C15H19ClN4O2. The number of hydrogen-bond acceptors (Lipinski definition) is 4. The predicted octanol–water partition coefficient (Wildman–Crippen LogP) is 2.99. The largest absolute Gasteiger partial charge is 0.361 e. The second kappa shape index (κ2) is 6.12. The van der Waals surface area contributed by atoms with Crippen molar-refractivity contribution in [3.63, 3.8) is 0 Å². The number of amides is 1. The van der Waals surface area contributed by atoms with E-state index in [-0.39, 0.29) is 11.9 Å². The average Bonchev–Trinajstić information content (AvgIpc) is 3.19. The Kier molecular flexibility index (Phi) is 4.20. The molecule has 1 saturated heterocycles. The molecule has 22 heavy (non-hydrogen) atoms. The van der Waals surface area contributed by atoms with Crippen LogP contribution in [0.25, 0.3) is 0 Å². The number of nitrogens with zero attached hydrogens (tertiary/aromatic N) is 4. The number of aromatic nitrogens is 3. The second-order valence-electron chi connectivity index (χ2n) is 5.59. The van der Waals surface area contributed by atoms with Crippen molar-refractivity contribution in [3.8, 4) is 0 Å². The Morgan fingerprint density at radius 3 is 3.05 bits per heavy atom. The zero-order chi connectivity index (χ0) is 15.7. The van der Waals surface area contributed by atoms with E-state index in [9.17, 15) is 4.79 Å². The molecule has 3 rings (SSSR count). The van der Waals surface area contributed by atoms with Crippen LogP contribution in [0.2, 0.25) is 5.02 Å². The maximum absolute atomic E-state index is 12.8. The summed E-state index contributed by atoms with van der Waals surface area (Å²) in [5.74, 6) is 0.767. The van der Waals surface area contributed by atoms with E-state index in [0.29, 0.717) is 17.3 Å². The Hall–Kier alpha value is -1.82. The molecule has 0 N–H and O–H groups in total. The highest BCUT2D eigenvalue weighted by Crippen LogP contribution is 2.33. The summed E-state index contributed by atoms with van der Waals surface area (Å²) in [6.07, 6.45) is 5.20. The minimum Gasteiger partial charge on any atom is -0.361 e. The van der Waals surface area contributed by atoms with Crippen molar-refractivity contribution in [3.05, 3.63) is 34.4 Å². The van der Waals surface area contributed by atoms with Gasteiger partial charge in [0.25, 0.3) is 5.91 Å². The van der Waals surface area contributed by atoms with Crippen LogP contribution >= 0.6 is 11.6 Å². The van der Waals surface area contributed by atoms with Crippen LogP contribution in [0.3, 0.4) is 0 Å². The number of hydrogen-bond donors (Lipinski definition) is 0. The first-order chi connectivity index (χ1) is 10.6. The Bertz CT molecular complexity index is 659. The van der Waals surface area contributed by atoms with Crippen molar-refractivity contribution in [1.29, 1.82) is 0 Å². The maximum Gasteiger partial charge on any atom is 0.274 e. The lowest BCUT2D eigenvalue weighted by Crippen LogP contribution is -2.32. The monoisotopic (exact) mass is 322 g/mol. The predicted molar refractivity (Wildman–Crippen MR) is 81.7 cm³/mol. The zero-order valence-electron chi connectivity index (χ0n) is 12.8. The first-order valence-corrected chi connectivity index (χ1v) is 7.93. The molecule has 1 fully saturated rings. The van der Waals surface area contributed by atoms with E-state index in [2.05, 4.69) is 17.2 Å². The summed E-state index contributed by atoms with van der Waals surface area (Å²) < 4.78 is 6.87. The minimum absolute atomic E-state index is 0.0483. The van der Waals surface area contributed by atoms with Gasteiger partial charge in [-0.1, -0.05) is 23.7 Å². The van der Waals surface area contributed by atoms with Crippen LogP contribution in [0.4, 0.5) is 0 Å². The van der Waals surface area contributed by atoms with Crippen molar-refractivity contribution >= 4 is 17.5 Å². The van der Waals surface area contributed by atoms with Crippen LogP contribution in [0.1, 0.15) is 54.2 Å². The molecule has 1 aliphatic heterocycles. The summed E-state index contributed by atoms with van der Waals surface area (Å²) in [6.45, 7) is 2.79. The number of carbonyl (C=O) groups is 1. The van der Waals surface area contributed by atoms with E-state index in [0.717, 1.165) is 37.1 Å². The van der Waals surface area contributed by atoms with Gasteiger partial charge in [-0.15, -0.1) is 0 Å². The van der Waals surface area contributed by atoms with Gasteiger partial charge in [0.05, 0.1) is 17.3 Å². The van der Waals surface area contributed by atoms with Crippen molar-refractivity contribution in [2.24, 2.45) is 7.05 Å². The zero-order valence-corrected chi connectivity index (χ0v) is 13.5. The molecule has 1 aliphatic rings. The molecule has 2 aromatic heterocycles. The van der Waals surface area contributed by atoms with Crippen molar-refractivity contribution < 1.29 is 9.32 Å². The van der Waals surface area contributed by atoms with Gasteiger partial charge in [-0.3, -0.25) is 9.48 Å². The van der Waals surface area contributed by atoms with Crippen molar-refractivity contribution in [1.82, 2.24) is 19.8 Å². The molecular weight excluding hydrogens is 304 g/mol. The van der Waals surface area contributed by atoms with Gasteiger partial charge in [0.2, 0.25) is 0 Å². The minimum atomic E-state index is -0.104. The lowest BCUT2D eigenvalue weighted by Gasteiger charge is -2.23. The van der Waals surface area contributed by atoms with Gasteiger partial charge in [-0.25, -0.2) is 0 Å². The van der Waals surface area contributed by atoms with Gasteiger partial charge in [-0.05, 0) is 19.3 Å². The van der Waals surface area contributed by atoms with E-state index in [1.54, 1.807) is 7.05 Å². The van der Waals surface area contributed by atoms with Crippen LogP contribution in [-0.2, 0) is 13.5 Å². The highest BCUT2D eigenvalue weighted by Gasteiger charge is 2.34. The maximum atomic E-state index is 12.8. The molecule has 0 spiro atoms. The summed E-state index contributed by atoms with van der Waals surface area (Å²) >= 11 is 6.09. The Morgan fingerprint density at radius 2 is 2.36 bits per heavy atom. The Balaban J connectivity index is 1.85. The van der Waals surface area contributed by atoms with Gasteiger partial charge in [0.1, 0.15) is 17.1 Å². The van der Waals surface area contributed by atoms with Crippen LogP contribution < -0.4 is 0 Å². The van der Waals surface area contributed by atoms with E-state index in [1.165, 1.54) is 10.9 Å². The molecule has 1 atom stereocenters. The first kappa shape index (κ1) is 15.1. The smallest absolute Gasteiger partial charge is 0.274 e. The van der Waals surface area contributed by atoms with Gasteiger partial charge >= 0.3 is 0 Å². The van der Waals surface area contributed by atoms with Crippen molar-refractivity contribution in [2.45, 2.75) is 38.6 Å². The number of halogens is 1. The van der Waals surface area contributed by atoms with Gasteiger partial charge in [-0.2, -0.15) is 5.10 Å². The van der Waals surface area contributed by atoms with Crippen molar-refractivity contribution in [2.75, 3.05) is 6.54 Å². The lowest BCUT2D eigenvalue weighted by atomic mass is 10.1. The fourth-order valence-corrected chi connectivity index (χ4v) is 3.20. The van der Waals surface area contributed by atoms with Crippen LogP contribution in [0, 0.1) is 0 Å². The average molecular weight is 323 g/mol. The number of carbonyl (C=O) groups excluding carboxylic acids is 1. The van der Waals surface area contributed by atoms with Gasteiger partial charge in [0, 0.05) is 26.1 Å². The number of likely N-dealkylation sites (tertiary alicyclic amines) is 1. The van der Waals surface area contributed by atoms with Crippen LogP contribution in [-0.4, -0.2) is 32.3 Å². The SMILES string of the molecule is CCCc1cc([C@H]2CCCN2C(=O)c2c(Cl)cnn2C)no1. The summed E-state index contributed by atoms with van der Waals surface area (Å²) in [5.41, 5.74) is 1.25. The highest BCUT2D eigenvalue weighted by atomic mass is 35.5. The van der Waals surface area contributed by atoms with E-state index in [4.69, 9.17) is 16.1 Å². The highest BCUT2D eigenvalue weighted by molar-refractivity contribution is 6.33. The molecule has 0 saturated carbocycles. The molecule has 0 radical (unpaired) electrons. The van der Waals surface area contributed by atoms with E-state index < -0.39 is 0 Å². The van der Waals surface area contributed by atoms with Gasteiger partial charge in [0.15, 0.2) is 0 Å². The molecule has 0 aromatic carbocycles. The quantitative estimate of drug-likeness (QED) is 0.868. The third-order valence-electron chi connectivity index (χ3n) is 4.03. The summed E-state index contributed by atoms with van der Waals surface area (Å²) in [4.78, 5) is 14.6. The topological polar surface area (TPSA) is 64.2 Å². The summed E-state index contributed by atoms with van der Waals surface area (Å²) in [7, 11) is 1.72. The fraction of sp³-hybridized carbons (Fsp3) is 0.533. The van der Waals surface area contributed by atoms with E-state index >= 15 is 0 Å². The summed E-state index contributed by atoms with van der Waals surface area (Å²) in [6, 6.07) is 1.91. The third kappa shape index (κ3) is 2.63. The Labute approximate surface area is 134 Å². The molecule has 0 aliphatic carbocycles. The van der Waals surface area contributed by atoms with Crippen LogP contribution in [0.5, 0.6) is 0 Å². The molecule has 0 unspecified atom stereocenters. The normalized spacial score (nSPS) is 18.1. The molecule has 0 bridgehead atoms. The number of rotatable bonds is 4. The standard InChI is InChI=1S/C15H19ClN4O2/c1-3-5-10-8-12(18-22-10)13-6-4-7-20(13)15(21)14-11(16)9-17-19(14)2/h8-9,13H,3-7H2,1-2H3/t13-/m1/s1. The molecule has 3 heterocycles.